The summed E-state index contributed by atoms with van der Waals surface area (Å²) in [5.74, 6) is 0. The molecule has 279 valence electrons. The summed E-state index contributed by atoms with van der Waals surface area (Å²) in [4.78, 5) is 0. The smallest absolute Gasteiger partial charge is 1.00 e. The van der Waals surface area contributed by atoms with Gasteiger partial charge in [0.15, 0.2) is 0 Å². The van der Waals surface area contributed by atoms with E-state index in [-0.39, 0.29) is 61.8 Å². The molecule has 0 fully saturated rings. The van der Waals surface area contributed by atoms with Gasteiger partial charge in [0.05, 0.1) is 0 Å². The molecule has 0 bridgehead atoms. The maximum absolute atomic E-state index is 6.57. The molecule has 5 heteroatoms. The minimum absolute atomic E-state index is 0. The quantitative estimate of drug-likeness (QED) is 0.167. The molecule has 0 heterocycles. The van der Waals surface area contributed by atoms with Crippen molar-refractivity contribution in [1.29, 1.82) is 0 Å². The molecule has 8 rings (SSSR count). The third kappa shape index (κ3) is 8.14. The normalized spacial score (nSPS) is 12.7. The molecule has 0 amide bonds. The average Bonchev–Trinajstić information content (AvgIpc) is 3.81. The summed E-state index contributed by atoms with van der Waals surface area (Å²) in [6, 6.07) is 43.3. The van der Waals surface area contributed by atoms with Gasteiger partial charge in [0.2, 0.25) is 0 Å². The largest absolute Gasteiger partial charge is 3.00 e. The van der Waals surface area contributed by atoms with E-state index in [0.29, 0.717) is 10.0 Å². The number of halogens is 4. The van der Waals surface area contributed by atoms with Crippen molar-refractivity contribution in [1.82, 2.24) is 0 Å². The predicted molar refractivity (Wildman–Crippen MR) is 227 cm³/mol. The molecule has 0 aliphatic heterocycles. The minimum atomic E-state index is -0.263. The van der Waals surface area contributed by atoms with Gasteiger partial charge in [0.25, 0.3) is 0 Å². The first kappa shape index (κ1) is 43.7. The van der Waals surface area contributed by atoms with Crippen LogP contribution in [-0.4, -0.2) is 0 Å². The molecule has 0 saturated heterocycles. The van der Waals surface area contributed by atoms with Crippen molar-refractivity contribution in [2.24, 2.45) is 0 Å². The Hall–Kier alpha value is -3.42. The maximum atomic E-state index is 6.57. The first-order valence-electron chi connectivity index (χ1n) is 18.5. The number of rotatable bonds is 5. The van der Waals surface area contributed by atoms with Crippen LogP contribution in [0.1, 0.15) is 81.3 Å². The first-order valence-corrected chi connectivity index (χ1v) is 19.2. The second-order valence-electron chi connectivity index (χ2n) is 16.3. The molecule has 0 saturated carbocycles. The van der Waals surface area contributed by atoms with E-state index >= 15 is 0 Å². The fourth-order valence-electron chi connectivity index (χ4n) is 8.20. The van der Waals surface area contributed by atoms with Gasteiger partial charge in [-0.3, -0.25) is 0 Å². The Bertz CT molecular complexity index is 2630. The molecule has 2 aliphatic rings. The third-order valence-electron chi connectivity index (χ3n) is 10.5. The molecule has 0 spiro atoms. The summed E-state index contributed by atoms with van der Waals surface area (Å²) in [6.45, 7) is 14.1. The standard InChI is InChI=1S/C51H43Cl2.2ClH.Zr/c1-50(2,3)43-31-41-37(29-40(43)32-15-9-7-10-16-32)30-42-45(33-19-13-14-20-33)46(34-17-11-8-12-18-34)49(51(4,5)6)48(47(41)42)44(35-21-25-38(52)26-22-35)36-23-27-39(53)28-24-36;;;/h7-19,21-29,31H,20H2,1-6H3;2*1H;/q-1;;;+3/p-2. The molecular formula is C51H43Cl4Zr. The van der Waals surface area contributed by atoms with Gasteiger partial charge in [-0.25, -0.2) is 0 Å². The van der Waals surface area contributed by atoms with Crippen molar-refractivity contribution in [2.75, 3.05) is 0 Å². The molecule has 6 aromatic rings. The van der Waals surface area contributed by atoms with E-state index < -0.39 is 0 Å². The van der Waals surface area contributed by atoms with Crippen LogP contribution in [0, 0.1) is 10.4 Å². The van der Waals surface area contributed by atoms with Gasteiger partial charge in [0.1, 0.15) is 0 Å². The first-order chi connectivity index (χ1) is 25.4. The topological polar surface area (TPSA) is 0 Å². The second-order valence-corrected chi connectivity index (χ2v) is 17.1. The van der Waals surface area contributed by atoms with Crippen LogP contribution >= 0.6 is 23.2 Å². The Labute approximate surface area is 373 Å². The summed E-state index contributed by atoms with van der Waals surface area (Å²) in [6.07, 6.45) is 11.7. The molecule has 0 nitrogen and oxygen atoms in total. The van der Waals surface area contributed by atoms with E-state index in [2.05, 4.69) is 163 Å². The van der Waals surface area contributed by atoms with E-state index in [9.17, 15) is 0 Å². The molecule has 1 radical (unpaired) electrons. The van der Waals surface area contributed by atoms with Gasteiger partial charge < -0.3 is 24.8 Å². The third-order valence-corrected chi connectivity index (χ3v) is 11.0. The van der Waals surface area contributed by atoms with Crippen LogP contribution < -0.4 is 35.3 Å². The van der Waals surface area contributed by atoms with Crippen LogP contribution in [0.3, 0.4) is 0 Å². The van der Waals surface area contributed by atoms with Gasteiger partial charge in [-0.1, -0.05) is 185 Å². The fraction of sp³-hybridized carbons (Fsp3) is 0.176. The van der Waals surface area contributed by atoms with E-state index in [1.54, 1.807) is 0 Å². The number of allylic oxidation sites excluding steroid dienone is 4. The molecule has 2 aliphatic carbocycles. The zero-order valence-corrected chi connectivity index (χ0v) is 38.0. The van der Waals surface area contributed by atoms with E-state index in [0.717, 1.165) is 33.9 Å². The van der Waals surface area contributed by atoms with Gasteiger partial charge in [0, 0.05) is 10.0 Å². The molecule has 6 aromatic carbocycles. The summed E-state index contributed by atoms with van der Waals surface area (Å²) >= 11 is 13.1. The summed E-state index contributed by atoms with van der Waals surface area (Å²) in [7, 11) is 0. The average molecular weight is 889 g/mol. The minimum Gasteiger partial charge on any atom is -1.00 e. The van der Waals surface area contributed by atoms with Crippen molar-refractivity contribution in [2.45, 2.75) is 58.8 Å². The van der Waals surface area contributed by atoms with Crippen molar-refractivity contribution in [3.8, 4) is 22.3 Å². The number of hydrogen-bond acceptors (Lipinski definition) is 0. The molecular weight excluding hydrogens is 846 g/mol. The maximum Gasteiger partial charge on any atom is 3.00 e. The summed E-state index contributed by atoms with van der Waals surface area (Å²) in [5, 5.41) is 6.22. The summed E-state index contributed by atoms with van der Waals surface area (Å²) in [5.41, 5.74) is 14.3. The van der Waals surface area contributed by atoms with Crippen LogP contribution in [0.2, 0.25) is 10.0 Å². The van der Waals surface area contributed by atoms with Crippen LogP contribution in [0.5, 0.6) is 0 Å². The van der Waals surface area contributed by atoms with Crippen LogP contribution in [0.4, 0.5) is 0 Å². The van der Waals surface area contributed by atoms with Crippen molar-refractivity contribution in [3.63, 3.8) is 0 Å². The molecule has 0 aromatic heterocycles. The Balaban J connectivity index is 0.00000200. The number of fused-ring (bicyclic) bond motifs is 2. The Morgan fingerprint density at radius 1 is 0.625 bits per heavy atom. The Morgan fingerprint density at radius 2 is 1.16 bits per heavy atom. The zero-order valence-electron chi connectivity index (χ0n) is 32.5. The SMILES string of the molecule is CC(C)(C)c1cc2c(cc1-c1ccccc1)=[C-]c1c(C3=CC=CC3)c(-c3ccccc3)c(C(C)(C)C)c(=C(c3ccc(Cl)cc3)c3ccc(Cl)cc3)c1=2.[Cl-].[Cl-].[Zr+3]. The van der Waals surface area contributed by atoms with Crippen molar-refractivity contribution in [3.05, 3.63) is 204 Å². The monoisotopic (exact) mass is 885 g/mol. The van der Waals surface area contributed by atoms with Crippen molar-refractivity contribution < 1.29 is 51.0 Å². The predicted octanol–water partition coefficient (Wildman–Crippen LogP) is 6.82. The van der Waals surface area contributed by atoms with Crippen molar-refractivity contribution >= 4 is 40.4 Å². The second kappa shape index (κ2) is 17.2. The summed E-state index contributed by atoms with van der Waals surface area (Å²) < 4.78 is 0. The molecule has 0 unspecified atom stereocenters. The van der Waals surface area contributed by atoms with Gasteiger partial charge in [-0.2, -0.15) is 0 Å². The van der Waals surface area contributed by atoms with E-state index in [4.69, 9.17) is 23.2 Å². The van der Waals surface area contributed by atoms with E-state index in [1.807, 2.05) is 24.3 Å². The molecule has 0 atom stereocenters. The fourth-order valence-corrected chi connectivity index (χ4v) is 8.45. The van der Waals surface area contributed by atoms with Gasteiger partial charge in [-0.05, 0) is 96.8 Å². The van der Waals surface area contributed by atoms with E-state index in [1.165, 1.54) is 60.2 Å². The van der Waals surface area contributed by atoms with Crippen LogP contribution in [0.15, 0.2) is 140 Å². The zero-order chi connectivity index (χ0) is 37.1. The molecule has 0 N–H and O–H groups in total. The van der Waals surface area contributed by atoms with Gasteiger partial charge in [-0.15, -0.1) is 33.4 Å². The molecule has 56 heavy (non-hydrogen) atoms. The van der Waals surface area contributed by atoms with Crippen LogP contribution in [0.25, 0.3) is 39.5 Å². The number of hydrogen-bond donors (Lipinski definition) is 0. The Kier molecular flexibility index (Phi) is 13.4. The number of benzene rings is 6. The van der Waals surface area contributed by atoms with Crippen LogP contribution in [-0.2, 0) is 37.0 Å². The van der Waals surface area contributed by atoms with Gasteiger partial charge >= 0.3 is 26.2 Å². The Morgan fingerprint density at radius 3 is 1.64 bits per heavy atom.